The molecule has 0 spiro atoms. The molecule has 1 fully saturated rings. The summed E-state index contributed by atoms with van der Waals surface area (Å²) in [5.41, 5.74) is 1.50. The summed E-state index contributed by atoms with van der Waals surface area (Å²) in [5, 5.41) is 16.6. The van der Waals surface area contributed by atoms with E-state index in [4.69, 9.17) is 20.8 Å². The van der Waals surface area contributed by atoms with Crippen LogP contribution in [0.1, 0.15) is 52.5 Å². The molecular weight excluding hydrogens is 597 g/mol. The van der Waals surface area contributed by atoms with E-state index in [0.717, 1.165) is 47.3 Å². The highest BCUT2D eigenvalue weighted by molar-refractivity contribution is 6.76. The van der Waals surface area contributed by atoms with Crippen LogP contribution in [0.5, 0.6) is 0 Å². The molecule has 4 rings (SSSR count). The van der Waals surface area contributed by atoms with Gasteiger partial charge in [0.2, 0.25) is 0 Å². The third kappa shape index (κ3) is 8.62. The average Bonchev–Trinajstić information content (AvgIpc) is 3.61. The van der Waals surface area contributed by atoms with Gasteiger partial charge in [-0.2, -0.15) is 5.10 Å². The van der Waals surface area contributed by atoms with Gasteiger partial charge >= 0.3 is 0 Å². The van der Waals surface area contributed by atoms with Crippen molar-refractivity contribution >= 4 is 38.9 Å². The van der Waals surface area contributed by atoms with Gasteiger partial charge in [-0.25, -0.2) is 9.07 Å². The van der Waals surface area contributed by atoms with Crippen LogP contribution in [0.3, 0.4) is 0 Å². The predicted octanol–water partition coefficient (Wildman–Crippen LogP) is 8.53. The zero-order valence-electron chi connectivity index (χ0n) is 27.4. The normalized spacial score (nSPS) is 15.9. The van der Waals surface area contributed by atoms with Crippen molar-refractivity contribution in [3.8, 4) is 23.0 Å². The van der Waals surface area contributed by atoms with Crippen LogP contribution in [0.25, 0.3) is 22.0 Å². The van der Waals surface area contributed by atoms with Gasteiger partial charge in [-0.3, -0.25) is 0 Å². The summed E-state index contributed by atoms with van der Waals surface area (Å²) in [7, 11) is -3.06. The average molecular weight is 646 g/mol. The Balaban J connectivity index is 1.64. The van der Waals surface area contributed by atoms with E-state index in [-0.39, 0.29) is 16.5 Å². The topological polar surface area (TPSA) is 61.4 Å². The van der Waals surface area contributed by atoms with Gasteiger partial charge in [0, 0.05) is 56.7 Å². The zero-order valence-corrected chi connectivity index (χ0v) is 30.2. The predicted molar refractivity (Wildman–Crippen MR) is 180 cm³/mol. The Morgan fingerprint density at radius 3 is 2.40 bits per heavy atom. The molecule has 1 aliphatic carbocycles. The van der Waals surface area contributed by atoms with Gasteiger partial charge in [-0.1, -0.05) is 63.9 Å². The number of benzene rings is 1. The van der Waals surface area contributed by atoms with Crippen molar-refractivity contribution in [2.24, 2.45) is 5.92 Å². The van der Waals surface area contributed by atoms with Crippen molar-refractivity contribution in [3.05, 3.63) is 41.1 Å². The Morgan fingerprint density at radius 2 is 1.77 bits per heavy atom. The van der Waals surface area contributed by atoms with Gasteiger partial charge in [0.15, 0.2) is 13.5 Å². The zero-order chi connectivity index (χ0) is 31.8. The highest BCUT2D eigenvalue weighted by Gasteiger charge is 2.39. The molecule has 6 nitrogen and oxygen atoms in total. The third-order valence-corrected chi connectivity index (χ3v) is 15.4. The van der Waals surface area contributed by atoms with E-state index in [2.05, 4.69) is 75.0 Å². The van der Waals surface area contributed by atoms with Gasteiger partial charge < -0.3 is 18.8 Å². The molecular formula is C33H49ClFN3O3Si2. The summed E-state index contributed by atoms with van der Waals surface area (Å²) < 4.78 is 31.5. The maximum Gasteiger partial charge on any atom is 0.191 e. The molecule has 0 amide bonds. The maximum atomic E-state index is 15.4. The molecule has 1 aromatic carbocycles. The number of aliphatic hydroxyl groups is 1. The third-order valence-electron chi connectivity index (χ3n) is 8.83. The van der Waals surface area contributed by atoms with Gasteiger partial charge in [-0.15, -0.1) is 0 Å². The number of aromatic nitrogens is 3. The lowest BCUT2D eigenvalue weighted by atomic mass is 10.00. The van der Waals surface area contributed by atoms with Crippen LogP contribution in [0, 0.1) is 23.6 Å². The van der Waals surface area contributed by atoms with Crippen LogP contribution in [0.15, 0.2) is 24.5 Å². The molecule has 0 aliphatic heterocycles. The van der Waals surface area contributed by atoms with Crippen molar-refractivity contribution in [3.63, 3.8) is 0 Å². The number of rotatable bonds is 12. The smallest absolute Gasteiger partial charge is 0.191 e. The fourth-order valence-corrected chi connectivity index (χ4v) is 6.80. The molecule has 3 aromatic rings. The lowest BCUT2D eigenvalue weighted by molar-refractivity contribution is 0.0786. The fraction of sp³-hybridized carbons (Fsp3) is 0.606. The van der Waals surface area contributed by atoms with Crippen molar-refractivity contribution in [2.45, 2.75) is 110 Å². The number of hydrogen-bond donors (Lipinski definition) is 1. The Labute approximate surface area is 264 Å². The number of hydrogen-bond acceptors (Lipinski definition) is 4. The van der Waals surface area contributed by atoms with E-state index in [1.54, 1.807) is 23.7 Å². The Kier molecular flexibility index (Phi) is 10.1. The second-order valence-corrected chi connectivity index (χ2v) is 25.7. The molecule has 1 saturated carbocycles. The van der Waals surface area contributed by atoms with Crippen molar-refractivity contribution in [1.29, 1.82) is 0 Å². The summed E-state index contributed by atoms with van der Waals surface area (Å²) in [4.78, 5) is 0. The standard InChI is InChI=1S/C33H49ClFN3O3Si2/c1-32(2,3)43(8,9)41-16-10-15-37-21-27(28-22-38(36-31(28)34)23-40-17-18-42(5,6)7)26-19-24(29(35)20-30(26)37)13-14-33(4,39)25-11-12-25/h19-22,25,39H,10-12,15-18,23H2,1-9H3. The number of fused-ring (bicyclic) bond motifs is 1. The Bertz CT molecular complexity index is 1500. The molecule has 1 unspecified atom stereocenters. The van der Waals surface area contributed by atoms with Gasteiger partial charge in [0.25, 0.3) is 0 Å². The number of ether oxygens (including phenoxy) is 1. The fourth-order valence-electron chi connectivity index (χ4n) is 4.71. The van der Waals surface area contributed by atoms with Crippen molar-refractivity contribution < 1.29 is 18.7 Å². The highest BCUT2D eigenvalue weighted by atomic mass is 35.5. The monoisotopic (exact) mass is 645 g/mol. The lowest BCUT2D eigenvalue weighted by Gasteiger charge is -2.36. The summed E-state index contributed by atoms with van der Waals surface area (Å²) in [5.74, 6) is 5.59. The van der Waals surface area contributed by atoms with Crippen LogP contribution in [-0.2, 0) is 22.4 Å². The SMILES string of the molecule is CC(O)(C#Cc1cc2c(-c3cn(COCC[Si](C)(C)C)nc3Cl)cn(CCCO[Si](C)(C)C(C)(C)C)c2cc1F)C1CC1. The van der Waals surface area contributed by atoms with E-state index in [1.165, 1.54) is 0 Å². The van der Waals surface area contributed by atoms with E-state index >= 15 is 4.39 Å². The van der Waals surface area contributed by atoms with Crippen LogP contribution in [0.2, 0.25) is 49.0 Å². The first kappa shape index (κ1) is 33.9. The molecule has 0 saturated heterocycles. The molecule has 2 aromatic heterocycles. The second kappa shape index (κ2) is 12.8. The van der Waals surface area contributed by atoms with Crippen LogP contribution >= 0.6 is 11.6 Å². The van der Waals surface area contributed by atoms with Crippen LogP contribution in [0.4, 0.5) is 4.39 Å². The summed E-state index contributed by atoms with van der Waals surface area (Å²) in [6, 6.07) is 4.39. The first-order chi connectivity index (χ1) is 19.9. The Hall–Kier alpha value is -1.94. The molecule has 1 N–H and O–H groups in total. The quantitative estimate of drug-likeness (QED) is 0.122. The van der Waals surface area contributed by atoms with Crippen LogP contribution in [-0.4, -0.2) is 54.7 Å². The number of aryl methyl sites for hydroxylation is 1. The molecule has 0 radical (unpaired) electrons. The molecule has 10 heteroatoms. The van der Waals surface area contributed by atoms with E-state index < -0.39 is 27.8 Å². The minimum Gasteiger partial charge on any atom is -0.417 e. The maximum absolute atomic E-state index is 15.4. The van der Waals surface area contributed by atoms with E-state index in [0.29, 0.717) is 31.6 Å². The van der Waals surface area contributed by atoms with E-state index in [1.807, 2.05) is 12.4 Å². The first-order valence-corrected chi connectivity index (χ1v) is 22.4. The van der Waals surface area contributed by atoms with Crippen molar-refractivity contribution in [2.75, 3.05) is 13.2 Å². The largest absolute Gasteiger partial charge is 0.417 e. The molecule has 0 bridgehead atoms. The van der Waals surface area contributed by atoms with Crippen LogP contribution < -0.4 is 0 Å². The minimum absolute atomic E-state index is 0.139. The minimum atomic E-state index is -1.86. The number of nitrogens with zero attached hydrogens (tertiary/aromatic N) is 3. The molecule has 1 atom stereocenters. The molecule has 236 valence electrons. The lowest BCUT2D eigenvalue weighted by Crippen LogP contribution is -2.41. The summed E-state index contributed by atoms with van der Waals surface area (Å²) >= 11 is 6.69. The van der Waals surface area contributed by atoms with Gasteiger partial charge in [0.1, 0.15) is 18.1 Å². The van der Waals surface area contributed by atoms with Gasteiger partial charge in [0.05, 0.1) is 11.1 Å². The van der Waals surface area contributed by atoms with Crippen molar-refractivity contribution in [1.82, 2.24) is 14.3 Å². The Morgan fingerprint density at radius 1 is 1.07 bits per heavy atom. The van der Waals surface area contributed by atoms with Gasteiger partial charge in [-0.05, 0) is 68.4 Å². The second-order valence-electron chi connectivity index (χ2n) is 14.9. The number of halogens is 2. The summed E-state index contributed by atoms with van der Waals surface area (Å²) in [6.07, 6.45) is 6.59. The van der Waals surface area contributed by atoms with E-state index in [9.17, 15) is 5.11 Å². The highest BCUT2D eigenvalue weighted by Crippen LogP contribution is 2.40. The first-order valence-electron chi connectivity index (χ1n) is 15.4. The molecule has 2 heterocycles. The summed E-state index contributed by atoms with van der Waals surface area (Å²) in [6.45, 7) is 22.2. The molecule has 1 aliphatic rings. The molecule has 43 heavy (non-hydrogen) atoms.